The van der Waals surface area contributed by atoms with Crippen LogP contribution in [0, 0.1) is 0 Å². The van der Waals surface area contributed by atoms with E-state index in [4.69, 9.17) is 16.3 Å². The van der Waals surface area contributed by atoms with Gasteiger partial charge in [-0.3, -0.25) is 4.79 Å². The van der Waals surface area contributed by atoms with Gasteiger partial charge in [0.1, 0.15) is 5.75 Å². The quantitative estimate of drug-likeness (QED) is 0.765. The van der Waals surface area contributed by atoms with Crippen molar-refractivity contribution in [1.29, 1.82) is 0 Å². The summed E-state index contributed by atoms with van der Waals surface area (Å²) in [6, 6.07) is 12.7. The monoisotopic (exact) mass is 338 g/mol. The Morgan fingerprint density at radius 1 is 1.26 bits per heavy atom. The van der Waals surface area contributed by atoms with E-state index in [1.807, 2.05) is 24.3 Å². The number of carbonyl (C=O) groups is 1. The van der Waals surface area contributed by atoms with Crippen molar-refractivity contribution in [2.24, 2.45) is 0 Å². The number of benzene rings is 2. The zero-order valence-electron chi connectivity index (χ0n) is 10.3. The molecule has 0 unspecified atom stereocenters. The Labute approximate surface area is 125 Å². The van der Waals surface area contributed by atoms with Gasteiger partial charge in [0.15, 0.2) is 5.78 Å². The lowest BCUT2D eigenvalue weighted by Crippen LogP contribution is -2.05. The molecule has 0 atom stereocenters. The van der Waals surface area contributed by atoms with Gasteiger partial charge in [-0.25, -0.2) is 0 Å². The van der Waals surface area contributed by atoms with Crippen LogP contribution in [-0.2, 0) is 6.42 Å². The first-order valence-electron chi connectivity index (χ1n) is 5.71. The van der Waals surface area contributed by atoms with Crippen LogP contribution in [0.15, 0.2) is 46.9 Å². The van der Waals surface area contributed by atoms with Crippen molar-refractivity contribution in [2.45, 2.75) is 6.42 Å². The summed E-state index contributed by atoms with van der Waals surface area (Å²) < 4.78 is 6.15. The number of Topliss-reactive ketones (excluding diaryl/α,β-unsaturated/α-hetero) is 1. The minimum atomic E-state index is -0.0162. The third-order valence-electron chi connectivity index (χ3n) is 2.72. The number of ketones is 1. The molecule has 0 heterocycles. The molecule has 0 fully saturated rings. The standard InChI is InChI=1S/C15H12BrClO2/c1-19-15-6-5-12(17)9-13(15)14(18)8-10-3-2-4-11(16)7-10/h2-7,9H,8H2,1H3. The second kappa shape index (κ2) is 6.22. The van der Waals surface area contributed by atoms with E-state index >= 15 is 0 Å². The Morgan fingerprint density at radius 3 is 2.74 bits per heavy atom. The van der Waals surface area contributed by atoms with Crippen LogP contribution in [0.5, 0.6) is 5.75 Å². The summed E-state index contributed by atoms with van der Waals surface area (Å²) >= 11 is 9.32. The molecule has 2 rings (SSSR count). The zero-order chi connectivity index (χ0) is 13.8. The summed E-state index contributed by atoms with van der Waals surface area (Å²) in [6.45, 7) is 0. The molecule has 0 aromatic heterocycles. The number of ether oxygens (including phenoxy) is 1. The van der Waals surface area contributed by atoms with Crippen LogP contribution in [-0.4, -0.2) is 12.9 Å². The molecule has 0 amide bonds. The van der Waals surface area contributed by atoms with Crippen LogP contribution < -0.4 is 4.74 Å². The lowest BCUT2D eigenvalue weighted by atomic mass is 10.0. The van der Waals surface area contributed by atoms with Crippen molar-refractivity contribution >= 4 is 33.3 Å². The van der Waals surface area contributed by atoms with Crippen LogP contribution in [0.1, 0.15) is 15.9 Å². The van der Waals surface area contributed by atoms with E-state index in [1.54, 1.807) is 25.3 Å². The number of halogens is 2. The average molecular weight is 340 g/mol. The Bertz CT molecular complexity index is 611. The fourth-order valence-electron chi connectivity index (χ4n) is 1.83. The first-order valence-corrected chi connectivity index (χ1v) is 6.88. The van der Waals surface area contributed by atoms with E-state index in [2.05, 4.69) is 15.9 Å². The lowest BCUT2D eigenvalue weighted by molar-refractivity contribution is 0.0990. The van der Waals surface area contributed by atoms with Gasteiger partial charge in [0.25, 0.3) is 0 Å². The smallest absolute Gasteiger partial charge is 0.171 e. The first kappa shape index (κ1) is 14.1. The van der Waals surface area contributed by atoms with Crippen molar-refractivity contribution < 1.29 is 9.53 Å². The third-order valence-corrected chi connectivity index (χ3v) is 3.44. The van der Waals surface area contributed by atoms with Crippen molar-refractivity contribution in [2.75, 3.05) is 7.11 Å². The van der Waals surface area contributed by atoms with Crippen molar-refractivity contribution in [1.82, 2.24) is 0 Å². The van der Waals surface area contributed by atoms with Crippen LogP contribution in [0.3, 0.4) is 0 Å². The minimum Gasteiger partial charge on any atom is -0.496 e. The number of methoxy groups -OCH3 is 1. The summed E-state index contributed by atoms with van der Waals surface area (Å²) in [5.74, 6) is 0.529. The van der Waals surface area contributed by atoms with Crippen LogP contribution >= 0.6 is 27.5 Å². The molecule has 0 spiro atoms. The van der Waals surface area contributed by atoms with Crippen LogP contribution in [0.4, 0.5) is 0 Å². The fraction of sp³-hybridized carbons (Fsp3) is 0.133. The first-order chi connectivity index (χ1) is 9.10. The molecule has 0 saturated carbocycles. The van der Waals surface area contributed by atoms with Gasteiger partial charge in [0, 0.05) is 15.9 Å². The molecule has 98 valence electrons. The second-order valence-electron chi connectivity index (χ2n) is 4.07. The van der Waals surface area contributed by atoms with Gasteiger partial charge < -0.3 is 4.74 Å². The summed E-state index contributed by atoms with van der Waals surface area (Å²) in [5, 5.41) is 0.526. The largest absolute Gasteiger partial charge is 0.496 e. The van der Waals surface area contributed by atoms with Crippen molar-refractivity contribution in [3.05, 3.63) is 63.1 Å². The van der Waals surface area contributed by atoms with Gasteiger partial charge in [-0.2, -0.15) is 0 Å². The molecule has 0 bridgehead atoms. The molecule has 2 nitrogen and oxygen atoms in total. The highest BCUT2D eigenvalue weighted by atomic mass is 79.9. The number of carbonyl (C=O) groups excluding carboxylic acids is 1. The molecule has 0 aliphatic heterocycles. The van der Waals surface area contributed by atoms with E-state index in [0.29, 0.717) is 22.8 Å². The lowest BCUT2D eigenvalue weighted by Gasteiger charge is -2.08. The maximum absolute atomic E-state index is 12.3. The fourth-order valence-corrected chi connectivity index (χ4v) is 2.44. The topological polar surface area (TPSA) is 26.3 Å². The molecule has 0 aliphatic rings. The number of rotatable bonds is 4. The zero-order valence-corrected chi connectivity index (χ0v) is 12.7. The van der Waals surface area contributed by atoms with E-state index in [9.17, 15) is 4.79 Å². The summed E-state index contributed by atoms with van der Waals surface area (Å²) in [6.07, 6.45) is 0.316. The van der Waals surface area contributed by atoms with E-state index < -0.39 is 0 Å². The maximum Gasteiger partial charge on any atom is 0.171 e. The van der Waals surface area contributed by atoms with Gasteiger partial charge in [0.05, 0.1) is 12.7 Å². The molecular weight excluding hydrogens is 328 g/mol. The SMILES string of the molecule is COc1ccc(Cl)cc1C(=O)Cc1cccc(Br)c1. The Hall–Kier alpha value is -1.32. The Morgan fingerprint density at radius 2 is 2.05 bits per heavy atom. The van der Waals surface area contributed by atoms with Crippen LogP contribution in [0.2, 0.25) is 5.02 Å². The van der Waals surface area contributed by atoms with Crippen molar-refractivity contribution in [3.8, 4) is 5.75 Å². The molecule has 0 N–H and O–H groups in total. The highest BCUT2D eigenvalue weighted by Crippen LogP contribution is 2.24. The highest BCUT2D eigenvalue weighted by Gasteiger charge is 2.13. The maximum atomic E-state index is 12.3. The highest BCUT2D eigenvalue weighted by molar-refractivity contribution is 9.10. The Kier molecular flexibility index (Phi) is 4.61. The van der Waals surface area contributed by atoms with Gasteiger partial charge in [-0.15, -0.1) is 0 Å². The molecule has 19 heavy (non-hydrogen) atoms. The molecule has 0 saturated heterocycles. The van der Waals surface area contributed by atoms with Crippen LogP contribution in [0.25, 0.3) is 0 Å². The minimum absolute atomic E-state index is 0.0162. The molecule has 0 aliphatic carbocycles. The normalized spacial score (nSPS) is 10.3. The van der Waals surface area contributed by atoms with Gasteiger partial charge in [-0.1, -0.05) is 39.7 Å². The Balaban J connectivity index is 2.27. The predicted molar refractivity (Wildman–Crippen MR) is 80.2 cm³/mol. The predicted octanol–water partition coefficient (Wildman–Crippen LogP) is 4.54. The third kappa shape index (κ3) is 3.58. The molecule has 0 radical (unpaired) electrons. The second-order valence-corrected chi connectivity index (χ2v) is 5.43. The van der Waals surface area contributed by atoms with Crippen molar-refractivity contribution in [3.63, 3.8) is 0 Å². The van der Waals surface area contributed by atoms with E-state index in [1.165, 1.54) is 0 Å². The summed E-state index contributed by atoms with van der Waals surface area (Å²) in [7, 11) is 1.54. The van der Waals surface area contributed by atoms with E-state index in [0.717, 1.165) is 10.0 Å². The number of hydrogen-bond donors (Lipinski definition) is 0. The molecule has 2 aromatic rings. The van der Waals surface area contributed by atoms with Gasteiger partial charge in [-0.05, 0) is 35.9 Å². The number of hydrogen-bond acceptors (Lipinski definition) is 2. The van der Waals surface area contributed by atoms with Gasteiger partial charge >= 0.3 is 0 Å². The summed E-state index contributed by atoms with van der Waals surface area (Å²) in [4.78, 5) is 12.3. The molecule has 2 aromatic carbocycles. The van der Waals surface area contributed by atoms with Gasteiger partial charge in [0.2, 0.25) is 0 Å². The average Bonchev–Trinajstić information content (AvgIpc) is 2.38. The van der Waals surface area contributed by atoms with E-state index in [-0.39, 0.29) is 5.78 Å². The molecule has 4 heteroatoms. The summed E-state index contributed by atoms with van der Waals surface area (Å²) in [5.41, 5.74) is 1.45. The molecular formula is C15H12BrClO2.